The van der Waals surface area contributed by atoms with Gasteiger partial charge in [-0.25, -0.2) is 4.98 Å². The van der Waals surface area contributed by atoms with E-state index in [9.17, 15) is 0 Å². The SMILES string of the molecule is COCOc1ccc(Cc2c(C)nc(OCC#N)c(C)c2C)nc1C1CCCCC1. The fourth-order valence-corrected chi connectivity index (χ4v) is 4.16. The molecule has 1 fully saturated rings. The quantitative estimate of drug-likeness (QED) is 0.576. The summed E-state index contributed by atoms with van der Waals surface area (Å²) in [6.45, 7) is 6.28. The molecule has 6 nitrogen and oxygen atoms in total. The maximum atomic E-state index is 8.79. The molecule has 6 heteroatoms. The van der Waals surface area contributed by atoms with Crippen LogP contribution in [-0.4, -0.2) is 30.5 Å². The van der Waals surface area contributed by atoms with Crippen LogP contribution in [0.15, 0.2) is 12.1 Å². The zero-order valence-corrected chi connectivity index (χ0v) is 18.5. The molecule has 1 aliphatic rings. The van der Waals surface area contributed by atoms with E-state index in [-0.39, 0.29) is 13.4 Å². The predicted octanol–water partition coefficient (Wildman–Crippen LogP) is 4.93. The summed E-state index contributed by atoms with van der Waals surface area (Å²) in [4.78, 5) is 9.64. The van der Waals surface area contributed by atoms with Gasteiger partial charge in [-0.1, -0.05) is 19.3 Å². The van der Waals surface area contributed by atoms with Gasteiger partial charge in [0.05, 0.1) is 5.69 Å². The first-order valence-electron chi connectivity index (χ1n) is 10.6. The molecule has 0 bridgehead atoms. The van der Waals surface area contributed by atoms with Gasteiger partial charge in [0.25, 0.3) is 0 Å². The van der Waals surface area contributed by atoms with E-state index >= 15 is 0 Å². The highest BCUT2D eigenvalue weighted by Gasteiger charge is 2.22. The Morgan fingerprint density at radius 1 is 1.03 bits per heavy atom. The topological polar surface area (TPSA) is 77.3 Å². The molecule has 0 aromatic carbocycles. The van der Waals surface area contributed by atoms with E-state index in [1.807, 2.05) is 32.0 Å². The third kappa shape index (κ3) is 5.09. The molecule has 0 radical (unpaired) electrons. The van der Waals surface area contributed by atoms with Crippen molar-refractivity contribution in [1.82, 2.24) is 9.97 Å². The number of pyridine rings is 2. The molecule has 3 rings (SSSR count). The van der Waals surface area contributed by atoms with Gasteiger partial charge in [-0.2, -0.15) is 5.26 Å². The molecule has 30 heavy (non-hydrogen) atoms. The van der Waals surface area contributed by atoms with Crippen LogP contribution in [0.3, 0.4) is 0 Å². The molecule has 0 N–H and O–H groups in total. The van der Waals surface area contributed by atoms with Crippen molar-refractivity contribution in [3.63, 3.8) is 0 Å². The zero-order chi connectivity index (χ0) is 21.5. The Kier molecular flexibility index (Phi) is 7.64. The van der Waals surface area contributed by atoms with Crippen molar-refractivity contribution in [2.45, 2.75) is 65.2 Å². The van der Waals surface area contributed by atoms with Crippen molar-refractivity contribution in [1.29, 1.82) is 5.26 Å². The average Bonchev–Trinajstić information content (AvgIpc) is 2.77. The second kappa shape index (κ2) is 10.4. The van der Waals surface area contributed by atoms with E-state index in [1.54, 1.807) is 7.11 Å². The molecule has 0 spiro atoms. The van der Waals surface area contributed by atoms with Gasteiger partial charge in [-0.3, -0.25) is 4.98 Å². The summed E-state index contributed by atoms with van der Waals surface area (Å²) >= 11 is 0. The highest BCUT2D eigenvalue weighted by Crippen LogP contribution is 2.37. The van der Waals surface area contributed by atoms with Gasteiger partial charge in [0.1, 0.15) is 11.8 Å². The Hall–Kier alpha value is -2.65. The molecule has 2 aromatic heterocycles. The minimum Gasteiger partial charge on any atom is -0.466 e. The Bertz CT molecular complexity index is 915. The van der Waals surface area contributed by atoms with Crippen molar-refractivity contribution in [3.8, 4) is 17.7 Å². The number of methoxy groups -OCH3 is 1. The van der Waals surface area contributed by atoms with Crippen molar-refractivity contribution >= 4 is 0 Å². The normalized spacial score (nSPS) is 14.4. The van der Waals surface area contributed by atoms with Crippen LogP contribution in [0.2, 0.25) is 0 Å². The van der Waals surface area contributed by atoms with Crippen molar-refractivity contribution in [2.24, 2.45) is 0 Å². The molecule has 1 aliphatic carbocycles. The minimum atomic E-state index is 0.00130. The molecular weight excluding hydrogens is 378 g/mol. The van der Waals surface area contributed by atoms with E-state index in [4.69, 9.17) is 24.5 Å². The third-order valence-electron chi connectivity index (χ3n) is 5.94. The molecule has 0 atom stereocenters. The zero-order valence-electron chi connectivity index (χ0n) is 18.5. The Labute approximate surface area is 179 Å². The number of aryl methyl sites for hydroxylation is 1. The molecule has 1 saturated carbocycles. The van der Waals surface area contributed by atoms with Gasteiger partial charge in [0.15, 0.2) is 13.4 Å². The van der Waals surface area contributed by atoms with Crippen LogP contribution >= 0.6 is 0 Å². The third-order valence-corrected chi connectivity index (χ3v) is 5.94. The maximum absolute atomic E-state index is 8.79. The van der Waals surface area contributed by atoms with Crippen molar-refractivity contribution in [2.75, 3.05) is 20.5 Å². The second-order valence-corrected chi connectivity index (χ2v) is 7.93. The number of hydrogen-bond acceptors (Lipinski definition) is 6. The number of nitrogens with zero attached hydrogens (tertiary/aromatic N) is 3. The predicted molar refractivity (Wildman–Crippen MR) is 115 cm³/mol. The summed E-state index contributed by atoms with van der Waals surface area (Å²) in [5, 5.41) is 8.79. The van der Waals surface area contributed by atoms with E-state index in [2.05, 4.69) is 11.9 Å². The molecule has 2 heterocycles. The molecule has 0 aliphatic heterocycles. The van der Waals surface area contributed by atoms with E-state index in [0.717, 1.165) is 52.4 Å². The largest absolute Gasteiger partial charge is 0.466 e. The van der Waals surface area contributed by atoms with Crippen molar-refractivity contribution < 1.29 is 14.2 Å². The van der Waals surface area contributed by atoms with Crippen LogP contribution in [-0.2, 0) is 11.2 Å². The molecular formula is C24H31N3O3. The number of ether oxygens (including phenoxy) is 3. The average molecular weight is 410 g/mol. The number of hydrogen-bond donors (Lipinski definition) is 0. The lowest BCUT2D eigenvalue weighted by molar-refractivity contribution is 0.0496. The lowest BCUT2D eigenvalue weighted by atomic mass is 9.86. The number of aromatic nitrogens is 2. The summed E-state index contributed by atoms with van der Waals surface area (Å²) in [5.74, 6) is 1.80. The second-order valence-electron chi connectivity index (χ2n) is 7.93. The van der Waals surface area contributed by atoms with Crippen LogP contribution in [0.4, 0.5) is 0 Å². The molecule has 0 saturated heterocycles. The van der Waals surface area contributed by atoms with Gasteiger partial charge >= 0.3 is 0 Å². The van der Waals surface area contributed by atoms with Gasteiger partial charge in [-0.05, 0) is 56.9 Å². The molecule has 0 unspecified atom stereocenters. The fourth-order valence-electron chi connectivity index (χ4n) is 4.16. The summed E-state index contributed by atoms with van der Waals surface area (Å²) < 4.78 is 16.4. The van der Waals surface area contributed by atoms with Gasteiger partial charge < -0.3 is 14.2 Å². The van der Waals surface area contributed by atoms with E-state index < -0.39 is 0 Å². The number of nitriles is 1. The highest BCUT2D eigenvalue weighted by atomic mass is 16.7. The Morgan fingerprint density at radius 2 is 1.80 bits per heavy atom. The molecule has 2 aromatic rings. The monoisotopic (exact) mass is 409 g/mol. The fraction of sp³-hybridized carbons (Fsp3) is 0.542. The smallest absolute Gasteiger partial charge is 0.217 e. The summed E-state index contributed by atoms with van der Waals surface area (Å²) in [5.41, 5.74) is 6.24. The van der Waals surface area contributed by atoms with Crippen LogP contribution in [0.5, 0.6) is 11.6 Å². The number of rotatable bonds is 8. The lowest BCUT2D eigenvalue weighted by Gasteiger charge is -2.24. The maximum Gasteiger partial charge on any atom is 0.217 e. The van der Waals surface area contributed by atoms with Crippen LogP contribution < -0.4 is 9.47 Å². The first-order chi connectivity index (χ1) is 14.5. The standard InChI is InChI=1S/C24H31N3O3/c1-16-17(2)24(29-13-12-25)26-18(3)21(16)14-20-10-11-22(30-15-28-4)23(27-20)19-8-6-5-7-9-19/h10-11,19H,5-9,13-15H2,1-4H3. The van der Waals surface area contributed by atoms with Gasteiger partial charge in [0.2, 0.25) is 5.88 Å². The van der Waals surface area contributed by atoms with E-state index in [0.29, 0.717) is 18.2 Å². The lowest BCUT2D eigenvalue weighted by Crippen LogP contribution is -2.12. The van der Waals surface area contributed by atoms with Crippen LogP contribution in [0.1, 0.15) is 71.8 Å². The Morgan fingerprint density at radius 3 is 2.50 bits per heavy atom. The van der Waals surface area contributed by atoms with E-state index in [1.165, 1.54) is 19.3 Å². The first-order valence-corrected chi connectivity index (χ1v) is 10.6. The molecule has 0 amide bonds. The van der Waals surface area contributed by atoms with Gasteiger partial charge in [0, 0.05) is 36.4 Å². The van der Waals surface area contributed by atoms with Crippen LogP contribution in [0.25, 0.3) is 0 Å². The van der Waals surface area contributed by atoms with Gasteiger partial charge in [-0.15, -0.1) is 0 Å². The first kappa shape index (κ1) is 22.0. The summed E-state index contributed by atoms with van der Waals surface area (Å²) in [6, 6.07) is 6.06. The highest BCUT2D eigenvalue weighted by molar-refractivity contribution is 5.44. The summed E-state index contributed by atoms with van der Waals surface area (Å²) in [7, 11) is 1.63. The minimum absolute atomic E-state index is 0.00130. The van der Waals surface area contributed by atoms with Crippen LogP contribution in [0, 0.1) is 32.1 Å². The Balaban J connectivity index is 1.91. The van der Waals surface area contributed by atoms with Crippen molar-refractivity contribution in [3.05, 3.63) is 45.9 Å². The summed E-state index contributed by atoms with van der Waals surface area (Å²) in [6.07, 6.45) is 6.80. The molecule has 160 valence electrons.